The number of aliphatic hydroxyl groups is 1. The maximum atomic E-state index is 12.1. The molecule has 0 bridgehead atoms. The van der Waals surface area contributed by atoms with Gasteiger partial charge >= 0.3 is 5.97 Å². The molecule has 0 spiro atoms. The molecule has 0 aromatic carbocycles. The molecule has 0 aromatic rings. The maximum absolute atomic E-state index is 12.1. The van der Waals surface area contributed by atoms with Crippen LogP contribution in [0.3, 0.4) is 0 Å². The van der Waals surface area contributed by atoms with Crippen molar-refractivity contribution in [3.63, 3.8) is 0 Å². The Morgan fingerprint density at radius 1 is 1.30 bits per heavy atom. The Bertz CT molecular complexity index is 347. The molecule has 1 fully saturated rings. The van der Waals surface area contributed by atoms with Crippen LogP contribution in [0.15, 0.2) is 0 Å². The normalized spacial score (nSPS) is 22.6. The zero-order valence-electron chi connectivity index (χ0n) is 15.3. The molecular weight excluding hydrogens is 328 g/mol. The average Bonchev–Trinajstić information content (AvgIpc) is 2.93. The number of carbonyl (C=O) groups excluding carboxylic acids is 1. The van der Waals surface area contributed by atoms with Crippen molar-refractivity contribution < 1.29 is 14.6 Å². The lowest BCUT2D eigenvalue weighted by Crippen LogP contribution is -2.35. The fraction of sp³-hybridized carbons (Fsp3) is 0.944. The van der Waals surface area contributed by atoms with Crippen molar-refractivity contribution in [1.29, 1.82) is 0 Å². The Morgan fingerprint density at radius 2 is 2.00 bits per heavy atom. The molecule has 23 heavy (non-hydrogen) atoms. The molecule has 5 heteroatoms. The first-order valence-electron chi connectivity index (χ1n) is 8.85. The van der Waals surface area contributed by atoms with Crippen LogP contribution in [0.25, 0.3) is 0 Å². The van der Waals surface area contributed by atoms with E-state index in [4.69, 9.17) is 4.74 Å². The van der Waals surface area contributed by atoms with Gasteiger partial charge in [-0.2, -0.15) is 0 Å². The van der Waals surface area contributed by atoms with E-state index in [2.05, 4.69) is 20.8 Å². The Labute approximate surface area is 150 Å². The molecule has 0 aromatic heterocycles. The number of ether oxygens (including phenoxy) is 1. The molecule has 1 N–H and O–H groups in total. The second-order valence-corrected chi connectivity index (χ2v) is 10.8. The summed E-state index contributed by atoms with van der Waals surface area (Å²) < 4.78 is 5.71. The zero-order chi connectivity index (χ0) is 17.5. The molecule has 1 heterocycles. The van der Waals surface area contributed by atoms with Crippen LogP contribution >= 0.6 is 21.6 Å². The van der Waals surface area contributed by atoms with Gasteiger partial charge in [-0.1, -0.05) is 55.7 Å². The third-order valence-corrected chi connectivity index (χ3v) is 7.33. The summed E-state index contributed by atoms with van der Waals surface area (Å²) in [5.74, 6) is 1.12. The molecule has 1 aliphatic rings. The number of esters is 1. The Morgan fingerprint density at radius 3 is 2.52 bits per heavy atom. The van der Waals surface area contributed by atoms with Gasteiger partial charge in [0.2, 0.25) is 0 Å². The summed E-state index contributed by atoms with van der Waals surface area (Å²) in [7, 11) is 3.97. The van der Waals surface area contributed by atoms with Crippen LogP contribution in [0.4, 0.5) is 0 Å². The van der Waals surface area contributed by atoms with E-state index in [1.165, 1.54) is 18.6 Å². The first-order chi connectivity index (χ1) is 10.7. The highest BCUT2D eigenvalue weighted by Crippen LogP contribution is 2.39. The van der Waals surface area contributed by atoms with Crippen molar-refractivity contribution in [2.24, 2.45) is 11.3 Å². The minimum atomic E-state index is -0.466. The summed E-state index contributed by atoms with van der Waals surface area (Å²) >= 11 is 0. The maximum Gasteiger partial charge on any atom is 0.306 e. The van der Waals surface area contributed by atoms with Gasteiger partial charge in [-0.15, -0.1) is 0 Å². The second kappa shape index (κ2) is 10.2. The van der Waals surface area contributed by atoms with E-state index in [0.717, 1.165) is 24.5 Å². The highest BCUT2D eigenvalue weighted by atomic mass is 33.1. The molecule has 3 nitrogen and oxygen atoms in total. The van der Waals surface area contributed by atoms with Gasteiger partial charge in [0.1, 0.15) is 6.10 Å². The first-order valence-corrected chi connectivity index (χ1v) is 11.2. The van der Waals surface area contributed by atoms with Gasteiger partial charge in [0, 0.05) is 23.3 Å². The molecule has 1 saturated heterocycles. The summed E-state index contributed by atoms with van der Waals surface area (Å²) in [5, 5.41) is 10.6. The lowest BCUT2D eigenvalue weighted by Gasteiger charge is -2.31. The molecule has 0 amide bonds. The van der Waals surface area contributed by atoms with Crippen molar-refractivity contribution in [2.45, 2.75) is 90.6 Å². The van der Waals surface area contributed by atoms with Gasteiger partial charge in [0.15, 0.2) is 0 Å². The number of aliphatic hydroxyl groups excluding tert-OH is 1. The smallest absolute Gasteiger partial charge is 0.306 e. The van der Waals surface area contributed by atoms with Crippen LogP contribution in [0.1, 0.15) is 73.1 Å². The zero-order valence-corrected chi connectivity index (χ0v) is 17.0. The topological polar surface area (TPSA) is 46.5 Å². The van der Waals surface area contributed by atoms with E-state index in [1.54, 1.807) is 6.92 Å². The average molecular weight is 363 g/mol. The van der Waals surface area contributed by atoms with E-state index in [0.29, 0.717) is 6.42 Å². The Kier molecular flexibility index (Phi) is 9.39. The SMILES string of the molecule is CC(O)C(C)C(CC(C)(C)C)OC(=O)CCCCC1CCSS1. The highest BCUT2D eigenvalue weighted by Gasteiger charge is 2.29. The van der Waals surface area contributed by atoms with E-state index in [1.807, 2.05) is 28.5 Å². The van der Waals surface area contributed by atoms with E-state index in [-0.39, 0.29) is 23.4 Å². The molecular formula is C18H34O3S2. The van der Waals surface area contributed by atoms with Gasteiger partial charge in [-0.05, 0) is 38.0 Å². The van der Waals surface area contributed by atoms with Crippen LogP contribution in [0.5, 0.6) is 0 Å². The van der Waals surface area contributed by atoms with Crippen LogP contribution in [-0.4, -0.2) is 34.3 Å². The highest BCUT2D eigenvalue weighted by molar-refractivity contribution is 8.77. The van der Waals surface area contributed by atoms with Crippen LogP contribution in [-0.2, 0) is 9.53 Å². The number of unbranched alkanes of at least 4 members (excludes halogenated alkanes) is 1. The van der Waals surface area contributed by atoms with Crippen molar-refractivity contribution in [3.05, 3.63) is 0 Å². The van der Waals surface area contributed by atoms with Gasteiger partial charge in [-0.3, -0.25) is 4.79 Å². The van der Waals surface area contributed by atoms with E-state index < -0.39 is 6.10 Å². The summed E-state index contributed by atoms with van der Waals surface area (Å²) in [6.07, 6.45) is 5.13. The Hall–Kier alpha value is 0.130. The first kappa shape index (κ1) is 21.2. The fourth-order valence-electron chi connectivity index (χ4n) is 2.68. The third-order valence-electron chi connectivity index (χ3n) is 4.33. The Balaban J connectivity index is 2.33. The lowest BCUT2D eigenvalue weighted by atomic mass is 9.83. The monoisotopic (exact) mass is 362 g/mol. The van der Waals surface area contributed by atoms with Gasteiger partial charge in [0.05, 0.1) is 6.10 Å². The number of rotatable bonds is 9. The van der Waals surface area contributed by atoms with Crippen molar-refractivity contribution in [1.82, 2.24) is 0 Å². The third kappa shape index (κ3) is 9.25. The molecule has 1 rings (SSSR count). The van der Waals surface area contributed by atoms with Crippen LogP contribution < -0.4 is 0 Å². The van der Waals surface area contributed by atoms with Crippen LogP contribution in [0, 0.1) is 11.3 Å². The summed E-state index contributed by atoms with van der Waals surface area (Å²) in [5.41, 5.74) is 0.0749. The van der Waals surface area contributed by atoms with Gasteiger partial charge in [0.25, 0.3) is 0 Å². The minimum Gasteiger partial charge on any atom is -0.462 e. The van der Waals surface area contributed by atoms with E-state index >= 15 is 0 Å². The number of hydrogen-bond acceptors (Lipinski definition) is 5. The fourth-order valence-corrected chi connectivity index (χ4v) is 5.71. The van der Waals surface area contributed by atoms with Gasteiger partial charge in [-0.25, -0.2) is 0 Å². The predicted molar refractivity (Wildman–Crippen MR) is 102 cm³/mol. The van der Waals surface area contributed by atoms with E-state index in [9.17, 15) is 9.90 Å². The molecule has 1 aliphatic heterocycles. The van der Waals surface area contributed by atoms with Crippen molar-refractivity contribution in [3.8, 4) is 0 Å². The second-order valence-electron chi connectivity index (χ2n) is 7.97. The van der Waals surface area contributed by atoms with Crippen LogP contribution in [0.2, 0.25) is 0 Å². The predicted octanol–water partition coefficient (Wildman–Crippen LogP) is 5.07. The standard InChI is InChI=1S/C18H34O3S2/c1-13(14(2)19)16(12-18(3,4)5)21-17(20)9-7-6-8-15-10-11-22-23-15/h13-16,19H,6-12H2,1-5H3. The number of hydrogen-bond donors (Lipinski definition) is 1. The summed E-state index contributed by atoms with van der Waals surface area (Å²) in [4.78, 5) is 12.1. The molecule has 0 aliphatic carbocycles. The molecule has 0 saturated carbocycles. The molecule has 136 valence electrons. The molecule has 4 atom stereocenters. The quantitative estimate of drug-likeness (QED) is 0.353. The largest absolute Gasteiger partial charge is 0.462 e. The lowest BCUT2D eigenvalue weighted by molar-refractivity contribution is -0.155. The number of carbonyl (C=O) groups is 1. The summed E-state index contributed by atoms with van der Waals surface area (Å²) in [6, 6.07) is 0. The molecule has 0 radical (unpaired) electrons. The summed E-state index contributed by atoms with van der Waals surface area (Å²) in [6.45, 7) is 10.1. The van der Waals surface area contributed by atoms with Gasteiger partial charge < -0.3 is 9.84 Å². The van der Waals surface area contributed by atoms with Crippen molar-refractivity contribution in [2.75, 3.05) is 5.75 Å². The minimum absolute atomic E-state index is 0.0370. The van der Waals surface area contributed by atoms with Crippen molar-refractivity contribution >= 4 is 27.6 Å². The molecule has 4 unspecified atom stereocenters.